The van der Waals surface area contributed by atoms with E-state index >= 15 is 0 Å². The van der Waals surface area contributed by atoms with Crippen LogP contribution < -0.4 is 10.6 Å². The minimum absolute atomic E-state index is 0.0635. The molecule has 0 bridgehead atoms. The molecule has 1 rings (SSSR count). The van der Waals surface area contributed by atoms with Crippen molar-refractivity contribution in [2.24, 2.45) is 0 Å². The van der Waals surface area contributed by atoms with Crippen molar-refractivity contribution in [2.45, 2.75) is 96.7 Å². The van der Waals surface area contributed by atoms with Crippen LogP contribution in [0.3, 0.4) is 0 Å². The number of hydrogen-bond donors (Lipinski definition) is 4. The molecule has 1 heterocycles. The van der Waals surface area contributed by atoms with E-state index in [-0.39, 0.29) is 107 Å². The van der Waals surface area contributed by atoms with Gasteiger partial charge in [0.1, 0.15) is 18.1 Å². The number of hydroxylamine groups is 6. The van der Waals surface area contributed by atoms with E-state index < -0.39 is 53.6 Å². The second-order valence-electron chi connectivity index (χ2n) is 13.2. The molecule has 0 aromatic rings. The predicted octanol–water partition coefficient (Wildman–Crippen LogP) is 0.757. The summed E-state index contributed by atoms with van der Waals surface area (Å²) < 4.78 is 5.36. The lowest BCUT2D eigenvalue weighted by atomic mass is 10.0. The summed E-state index contributed by atoms with van der Waals surface area (Å²) in [6, 6.07) is -2.49. The molecular formula is C35H55N6O12-3. The summed E-state index contributed by atoms with van der Waals surface area (Å²) in [5.74, 6) is -3.83. The number of nitrogens with one attached hydrogen (secondary N) is 2. The molecule has 0 saturated carbocycles. The lowest BCUT2D eigenvalue weighted by Gasteiger charge is -2.32. The highest BCUT2D eigenvalue weighted by molar-refractivity contribution is 5.97. The van der Waals surface area contributed by atoms with Gasteiger partial charge >= 0.3 is 5.97 Å². The predicted molar refractivity (Wildman–Crippen MR) is 195 cm³/mol. The number of nitrogens with zero attached hydrogens (tertiary/aromatic N) is 4. The van der Waals surface area contributed by atoms with Crippen LogP contribution in [-0.2, 0) is 33.5 Å². The summed E-state index contributed by atoms with van der Waals surface area (Å²) in [5, 5.41) is 60.2. The number of rotatable bonds is 24. The zero-order chi connectivity index (χ0) is 40.1. The van der Waals surface area contributed by atoms with Gasteiger partial charge in [0.2, 0.25) is 29.5 Å². The summed E-state index contributed by atoms with van der Waals surface area (Å²) in [5.41, 5.74) is 1.62. The van der Waals surface area contributed by atoms with Gasteiger partial charge in [0.25, 0.3) is 0 Å². The Hall–Kier alpha value is -4.20. The fourth-order valence-electron chi connectivity index (χ4n) is 5.13. The summed E-state index contributed by atoms with van der Waals surface area (Å²) in [6.45, 7) is 3.96. The molecule has 18 nitrogen and oxygen atoms in total. The van der Waals surface area contributed by atoms with Gasteiger partial charge in [-0.3, -0.25) is 33.7 Å². The molecule has 5 amide bonds. The van der Waals surface area contributed by atoms with Crippen LogP contribution in [-0.4, -0.2) is 137 Å². The summed E-state index contributed by atoms with van der Waals surface area (Å²) in [6.07, 6.45) is 5.14. The van der Waals surface area contributed by atoms with Gasteiger partial charge in [-0.15, -0.1) is 0 Å². The van der Waals surface area contributed by atoms with Gasteiger partial charge < -0.3 is 56.4 Å². The number of carbonyl (C=O) groups is 6. The number of aliphatic hydroxyl groups excluding tert-OH is 2. The first-order chi connectivity index (χ1) is 25.0. The molecule has 0 spiro atoms. The third kappa shape index (κ3) is 18.4. The Labute approximate surface area is 310 Å². The van der Waals surface area contributed by atoms with Gasteiger partial charge in [-0.25, -0.2) is 0 Å². The SMILES string of the molecule is CC(=CC(=O)N([O-])CCCC1NC(=O)C(CCCN([O-])C(=O)C=C(C)CCOC(=O)C(CCCN([O-])C(=O)C=C(C)CCO)N(C)C)NC1=O)CCO. The van der Waals surface area contributed by atoms with E-state index in [0.717, 1.165) is 12.2 Å². The van der Waals surface area contributed by atoms with Crippen LogP contribution in [0, 0.1) is 15.6 Å². The van der Waals surface area contributed by atoms with Gasteiger partial charge in [0.15, 0.2) is 0 Å². The van der Waals surface area contributed by atoms with Crippen molar-refractivity contribution in [3.8, 4) is 0 Å². The standard InChI is InChI=1S/C35H55N6O12/c1-24(12-18-42)21-30(44)39(50)15-6-9-27-33(47)37-28(34(48)36-27)10-7-16-40(51)32(46)23-26(3)14-20-53-35(49)29(38(4)5)11-8-17-41(52)31(45)22-25(2)13-19-43/h21-23,27-29,42-43H,6-20H2,1-5H3,(H,36,48)(H,37,47)/q-3. The van der Waals surface area contributed by atoms with Gasteiger partial charge in [0.05, 0.1) is 6.61 Å². The molecule has 18 heteroatoms. The van der Waals surface area contributed by atoms with E-state index in [9.17, 15) is 44.4 Å². The Bertz CT molecular complexity index is 1330. The largest absolute Gasteiger partial charge is 0.756 e. The van der Waals surface area contributed by atoms with Gasteiger partial charge in [-0.1, -0.05) is 16.7 Å². The van der Waals surface area contributed by atoms with Crippen LogP contribution in [0.15, 0.2) is 34.9 Å². The number of likely N-dealkylation sites (N-methyl/N-ethyl adjacent to an activating group) is 1. The third-order valence-electron chi connectivity index (χ3n) is 8.31. The zero-order valence-corrected chi connectivity index (χ0v) is 31.3. The first-order valence-corrected chi connectivity index (χ1v) is 17.6. The summed E-state index contributed by atoms with van der Waals surface area (Å²) in [4.78, 5) is 75.7. The fraction of sp³-hybridized carbons (Fsp3) is 0.657. The minimum Gasteiger partial charge on any atom is -0.756 e. The van der Waals surface area contributed by atoms with Crippen molar-refractivity contribution >= 4 is 35.5 Å². The Morgan fingerprint density at radius 2 is 1.08 bits per heavy atom. The van der Waals surface area contributed by atoms with E-state index in [0.29, 0.717) is 21.8 Å². The van der Waals surface area contributed by atoms with Crippen molar-refractivity contribution in [1.82, 2.24) is 30.7 Å². The molecule has 1 aliphatic heterocycles. The molecule has 1 saturated heterocycles. The number of ether oxygens (including phenoxy) is 1. The Morgan fingerprint density at radius 1 is 0.698 bits per heavy atom. The van der Waals surface area contributed by atoms with Crippen molar-refractivity contribution in [3.05, 3.63) is 50.6 Å². The van der Waals surface area contributed by atoms with Crippen LogP contribution in [0.25, 0.3) is 0 Å². The van der Waals surface area contributed by atoms with Crippen LogP contribution >= 0.6 is 0 Å². The van der Waals surface area contributed by atoms with Crippen molar-refractivity contribution in [3.63, 3.8) is 0 Å². The molecule has 0 aromatic carbocycles. The Morgan fingerprint density at radius 3 is 1.45 bits per heavy atom. The topological polar surface area (TPSA) is 258 Å². The summed E-state index contributed by atoms with van der Waals surface area (Å²) in [7, 11) is 3.34. The van der Waals surface area contributed by atoms with Crippen molar-refractivity contribution in [2.75, 3.05) is 53.6 Å². The number of hydrogen-bond acceptors (Lipinski definition) is 13. The van der Waals surface area contributed by atoms with Crippen molar-refractivity contribution < 1.29 is 43.7 Å². The number of aliphatic hydroxyl groups is 2. The first-order valence-electron chi connectivity index (χ1n) is 17.6. The normalized spacial score (nSPS) is 17.2. The van der Waals surface area contributed by atoms with Gasteiger partial charge in [-0.2, -0.15) is 0 Å². The molecule has 3 atom stereocenters. The zero-order valence-electron chi connectivity index (χ0n) is 31.3. The average molecular weight is 752 g/mol. The third-order valence-corrected chi connectivity index (χ3v) is 8.31. The van der Waals surface area contributed by atoms with Gasteiger partial charge in [-0.05, 0) is 86.2 Å². The second kappa shape index (κ2) is 24.9. The Balaban J connectivity index is 2.43. The molecule has 53 heavy (non-hydrogen) atoms. The molecule has 3 unspecified atom stereocenters. The second-order valence-corrected chi connectivity index (χ2v) is 13.2. The maximum atomic E-state index is 12.7. The van der Waals surface area contributed by atoms with E-state index in [4.69, 9.17) is 14.9 Å². The molecule has 1 aliphatic rings. The molecule has 0 aromatic heterocycles. The lowest BCUT2D eigenvalue weighted by Crippen LogP contribution is -2.61. The molecule has 4 N–H and O–H groups in total. The summed E-state index contributed by atoms with van der Waals surface area (Å²) >= 11 is 0. The highest BCUT2D eigenvalue weighted by Gasteiger charge is 2.33. The number of piperazine rings is 1. The Kier molecular flexibility index (Phi) is 22.0. The fourth-order valence-corrected chi connectivity index (χ4v) is 5.13. The van der Waals surface area contributed by atoms with Crippen LogP contribution in [0.4, 0.5) is 0 Å². The molecule has 0 aliphatic carbocycles. The minimum atomic E-state index is -0.914. The van der Waals surface area contributed by atoms with E-state index in [1.54, 1.807) is 39.8 Å². The number of esters is 1. The van der Waals surface area contributed by atoms with E-state index in [1.807, 2.05) is 0 Å². The smallest absolute Gasteiger partial charge is 0.323 e. The maximum absolute atomic E-state index is 12.7. The van der Waals surface area contributed by atoms with Crippen molar-refractivity contribution in [1.29, 1.82) is 0 Å². The molecule has 300 valence electrons. The number of amides is 5. The van der Waals surface area contributed by atoms with Gasteiger partial charge in [0, 0.05) is 57.5 Å². The number of carbonyl (C=O) groups excluding carboxylic acids is 6. The van der Waals surface area contributed by atoms with E-state index in [2.05, 4.69) is 10.6 Å². The molecule has 1 fully saturated rings. The maximum Gasteiger partial charge on any atom is 0.323 e. The monoisotopic (exact) mass is 751 g/mol. The van der Waals surface area contributed by atoms with E-state index in [1.165, 1.54) is 6.08 Å². The molecule has 0 radical (unpaired) electrons. The lowest BCUT2D eigenvalue weighted by molar-refractivity contribution is -0.149. The quantitative estimate of drug-likeness (QED) is 0.0604. The highest BCUT2D eigenvalue weighted by atomic mass is 16.5. The average Bonchev–Trinajstić information content (AvgIpc) is 3.08. The highest BCUT2D eigenvalue weighted by Crippen LogP contribution is 2.12. The van der Waals surface area contributed by atoms with Crippen LogP contribution in [0.1, 0.15) is 78.6 Å². The van der Waals surface area contributed by atoms with Crippen LogP contribution in [0.2, 0.25) is 0 Å². The van der Waals surface area contributed by atoms with Crippen LogP contribution in [0.5, 0.6) is 0 Å². The molecular weight excluding hydrogens is 696 g/mol. The first kappa shape index (κ1) is 46.8.